The first-order chi connectivity index (χ1) is 25.6. The summed E-state index contributed by atoms with van der Waals surface area (Å²) in [6.07, 6.45) is 0. The van der Waals surface area contributed by atoms with Gasteiger partial charge in [-0.3, -0.25) is 0 Å². The Morgan fingerprint density at radius 3 is 1.06 bits per heavy atom. The molecular formula is C42H24N6O2S2. The highest BCUT2D eigenvalue weighted by Gasteiger charge is 2.15. The summed E-state index contributed by atoms with van der Waals surface area (Å²) in [5.41, 5.74) is 5.19. The Morgan fingerprint density at radius 1 is 0.385 bits per heavy atom. The Kier molecular flexibility index (Phi) is 6.98. The van der Waals surface area contributed by atoms with E-state index < -0.39 is 0 Å². The Bertz CT molecular complexity index is 2810. The number of phenolic OH excluding ortho intramolecular Hbond substituents is 2. The molecule has 8 aromatic carbocycles. The Labute approximate surface area is 303 Å². The fourth-order valence-corrected chi connectivity index (χ4v) is 8.49. The Balaban J connectivity index is 0.971. The van der Waals surface area contributed by atoms with Crippen LogP contribution in [0.15, 0.2) is 154 Å². The molecule has 0 radical (unpaired) electrons. The van der Waals surface area contributed by atoms with Crippen molar-refractivity contribution < 1.29 is 10.2 Å². The van der Waals surface area contributed by atoms with Crippen molar-refractivity contribution in [2.75, 3.05) is 0 Å². The third-order valence-electron chi connectivity index (χ3n) is 9.31. The molecule has 0 unspecified atom stereocenters. The van der Waals surface area contributed by atoms with Crippen molar-refractivity contribution in [3.05, 3.63) is 133 Å². The third-order valence-corrected chi connectivity index (χ3v) is 11.1. The topological polar surface area (TPSA) is 116 Å². The van der Waals surface area contributed by atoms with Gasteiger partial charge in [0.1, 0.15) is 22.9 Å². The van der Waals surface area contributed by atoms with E-state index in [0.29, 0.717) is 21.6 Å². The van der Waals surface area contributed by atoms with E-state index in [9.17, 15) is 10.2 Å². The summed E-state index contributed by atoms with van der Waals surface area (Å²) in [6.45, 7) is 0. The smallest absolute Gasteiger partial charge is 0.231 e. The summed E-state index contributed by atoms with van der Waals surface area (Å²) in [5.74, 6) is 0.484. The van der Waals surface area contributed by atoms with Gasteiger partial charge >= 0.3 is 0 Å². The number of fused-ring (bicyclic) bond motifs is 6. The van der Waals surface area contributed by atoms with E-state index in [1.807, 2.05) is 109 Å². The lowest BCUT2D eigenvalue weighted by Crippen LogP contribution is -1.80. The van der Waals surface area contributed by atoms with Crippen LogP contribution in [0.4, 0.5) is 21.6 Å². The summed E-state index contributed by atoms with van der Waals surface area (Å²) in [5, 5.41) is 47.7. The quantitative estimate of drug-likeness (QED) is 0.137. The molecule has 10 heteroatoms. The number of aromatic nitrogens is 2. The van der Waals surface area contributed by atoms with E-state index in [1.165, 1.54) is 22.7 Å². The molecule has 0 bridgehead atoms. The number of aromatic hydroxyl groups is 2. The average molecular weight is 709 g/mol. The molecule has 0 aliphatic heterocycles. The van der Waals surface area contributed by atoms with Crippen LogP contribution in [0.3, 0.4) is 0 Å². The standard InChI is InChI=1S/C42H24N6O2S2/c49-39-29-13-5-1-9-25(29)37(26-10-2-6-14-30(26)39)45-47-41-43-33-19-17-23(21-35(33)51-41)24-18-20-34-36(22-24)52-42(44-34)48-46-38-27-11-3-7-15-31(27)40(50)32-16-8-4-12-28(32)38/h1-22,49-50H. The van der Waals surface area contributed by atoms with Crippen LogP contribution in [0.1, 0.15) is 0 Å². The van der Waals surface area contributed by atoms with Gasteiger partial charge in [0.25, 0.3) is 0 Å². The Hall–Kier alpha value is -6.62. The van der Waals surface area contributed by atoms with Crippen LogP contribution in [0.25, 0.3) is 74.6 Å². The van der Waals surface area contributed by atoms with E-state index in [-0.39, 0.29) is 11.5 Å². The molecule has 10 aromatic rings. The lowest BCUT2D eigenvalue weighted by molar-refractivity contribution is 0.487. The van der Waals surface area contributed by atoms with Gasteiger partial charge in [-0.15, -0.1) is 20.5 Å². The predicted molar refractivity (Wildman–Crippen MR) is 213 cm³/mol. The average Bonchev–Trinajstić information content (AvgIpc) is 3.81. The molecule has 8 nitrogen and oxygen atoms in total. The van der Waals surface area contributed by atoms with Crippen molar-refractivity contribution in [1.29, 1.82) is 0 Å². The van der Waals surface area contributed by atoms with Crippen molar-refractivity contribution in [2.45, 2.75) is 0 Å². The van der Waals surface area contributed by atoms with Crippen LogP contribution in [0.5, 0.6) is 11.5 Å². The summed E-state index contributed by atoms with van der Waals surface area (Å²) in [4.78, 5) is 9.49. The third kappa shape index (κ3) is 4.96. The monoisotopic (exact) mass is 708 g/mol. The molecule has 0 spiro atoms. The zero-order chi connectivity index (χ0) is 34.8. The maximum atomic E-state index is 10.9. The SMILES string of the molecule is Oc1c2ccccc2c(N=Nc2nc3ccc(-c4ccc5nc(N=Nc6c7ccccc7c(O)c7ccccc67)sc5c4)cc3s2)c2ccccc12. The highest BCUT2D eigenvalue weighted by atomic mass is 32.1. The summed E-state index contributed by atoms with van der Waals surface area (Å²) in [7, 11) is 0. The number of thiazole rings is 2. The van der Waals surface area contributed by atoms with Crippen molar-refractivity contribution in [3.63, 3.8) is 0 Å². The molecule has 0 amide bonds. The molecule has 0 fully saturated rings. The molecule has 2 N–H and O–H groups in total. The normalized spacial score (nSPS) is 12.2. The minimum Gasteiger partial charge on any atom is -0.507 e. The number of benzene rings is 8. The zero-order valence-corrected chi connectivity index (χ0v) is 28.7. The van der Waals surface area contributed by atoms with Gasteiger partial charge in [-0.25, -0.2) is 9.97 Å². The van der Waals surface area contributed by atoms with E-state index in [1.54, 1.807) is 0 Å². The Morgan fingerprint density at radius 2 is 0.712 bits per heavy atom. The number of azo groups is 2. The number of hydrogen-bond acceptors (Lipinski definition) is 10. The largest absolute Gasteiger partial charge is 0.507 e. The summed E-state index contributed by atoms with van der Waals surface area (Å²) >= 11 is 2.96. The minimum absolute atomic E-state index is 0.242. The number of hydrogen-bond donors (Lipinski definition) is 2. The summed E-state index contributed by atoms with van der Waals surface area (Å²) < 4.78 is 2.00. The molecule has 0 aliphatic rings. The molecule has 0 saturated carbocycles. The number of nitrogens with zero attached hydrogens (tertiary/aromatic N) is 6. The van der Waals surface area contributed by atoms with Gasteiger partial charge < -0.3 is 10.2 Å². The number of phenols is 2. The van der Waals surface area contributed by atoms with Crippen molar-refractivity contribution >= 4 is 108 Å². The molecule has 0 atom stereocenters. The van der Waals surface area contributed by atoms with Gasteiger partial charge in [0.2, 0.25) is 10.3 Å². The molecule has 52 heavy (non-hydrogen) atoms. The van der Waals surface area contributed by atoms with Gasteiger partial charge in [-0.2, -0.15) is 0 Å². The van der Waals surface area contributed by atoms with Gasteiger partial charge in [-0.05, 0) is 35.4 Å². The van der Waals surface area contributed by atoms with Crippen LogP contribution in [0.2, 0.25) is 0 Å². The van der Waals surface area contributed by atoms with Gasteiger partial charge in [-0.1, -0.05) is 132 Å². The lowest BCUT2D eigenvalue weighted by Gasteiger charge is -2.09. The highest BCUT2D eigenvalue weighted by molar-refractivity contribution is 7.22. The van der Waals surface area contributed by atoms with Crippen LogP contribution in [-0.4, -0.2) is 20.2 Å². The van der Waals surface area contributed by atoms with Crippen molar-refractivity contribution in [2.24, 2.45) is 20.5 Å². The van der Waals surface area contributed by atoms with E-state index in [4.69, 9.17) is 9.97 Å². The second kappa shape index (κ2) is 12.0. The molecule has 246 valence electrons. The highest BCUT2D eigenvalue weighted by Crippen LogP contribution is 2.45. The van der Waals surface area contributed by atoms with Crippen LogP contribution in [-0.2, 0) is 0 Å². The fraction of sp³-hybridized carbons (Fsp3) is 0. The molecule has 2 heterocycles. The van der Waals surface area contributed by atoms with Crippen LogP contribution >= 0.6 is 22.7 Å². The van der Waals surface area contributed by atoms with Crippen LogP contribution < -0.4 is 0 Å². The second-order valence-corrected chi connectivity index (χ2v) is 14.4. The summed E-state index contributed by atoms with van der Waals surface area (Å²) in [6, 6.07) is 43.1. The second-order valence-electron chi connectivity index (χ2n) is 12.3. The maximum Gasteiger partial charge on any atom is 0.231 e. The van der Waals surface area contributed by atoms with Gasteiger partial charge in [0.15, 0.2) is 0 Å². The van der Waals surface area contributed by atoms with Gasteiger partial charge in [0.05, 0.1) is 20.4 Å². The maximum absolute atomic E-state index is 10.9. The van der Waals surface area contributed by atoms with Crippen molar-refractivity contribution in [1.82, 2.24) is 9.97 Å². The first-order valence-electron chi connectivity index (χ1n) is 16.5. The first-order valence-corrected chi connectivity index (χ1v) is 18.1. The first kappa shape index (κ1) is 30.2. The van der Waals surface area contributed by atoms with Gasteiger partial charge in [0, 0.05) is 43.1 Å². The van der Waals surface area contributed by atoms with E-state index >= 15 is 0 Å². The van der Waals surface area contributed by atoms with Crippen molar-refractivity contribution in [3.8, 4) is 22.6 Å². The lowest BCUT2D eigenvalue weighted by atomic mass is 10.00. The predicted octanol–water partition coefficient (Wildman–Crippen LogP) is 13.4. The van der Waals surface area contributed by atoms with Crippen LogP contribution in [0, 0.1) is 0 Å². The fourth-order valence-electron chi connectivity index (χ4n) is 6.84. The van der Waals surface area contributed by atoms with E-state index in [0.717, 1.165) is 74.6 Å². The number of rotatable bonds is 5. The molecule has 0 aliphatic carbocycles. The molecule has 10 rings (SSSR count). The molecule has 2 aromatic heterocycles. The minimum atomic E-state index is 0.242. The van der Waals surface area contributed by atoms with E-state index in [2.05, 4.69) is 44.7 Å². The molecular weight excluding hydrogens is 685 g/mol. The zero-order valence-electron chi connectivity index (χ0n) is 27.1. The molecule has 0 saturated heterocycles.